The quantitative estimate of drug-likeness (QED) is 0.863. The molecular weight excluding hydrogens is 300 g/mol. The number of aromatic nitrogens is 2. The van der Waals surface area contributed by atoms with Gasteiger partial charge in [0.1, 0.15) is 4.90 Å². The van der Waals surface area contributed by atoms with Crippen LogP contribution in [0.1, 0.15) is 12.8 Å². The van der Waals surface area contributed by atoms with Gasteiger partial charge in [0.25, 0.3) is 0 Å². The minimum absolute atomic E-state index is 0.0865. The van der Waals surface area contributed by atoms with Gasteiger partial charge in [0.2, 0.25) is 0 Å². The molecule has 1 unspecified atom stereocenters. The van der Waals surface area contributed by atoms with E-state index in [4.69, 9.17) is 11.6 Å². The maximum absolute atomic E-state index is 11.8. The fourth-order valence-electron chi connectivity index (χ4n) is 3.21. The second-order valence-electron chi connectivity index (χ2n) is 5.64. The number of fused-ring (bicyclic) bond motifs is 1. The fraction of sp³-hybridized carbons (Fsp3) is 0.667. The lowest BCUT2D eigenvalue weighted by Gasteiger charge is -2.16. The monoisotopic (exact) mass is 316 g/mol. The van der Waals surface area contributed by atoms with Gasteiger partial charge >= 0.3 is 0 Å². The van der Waals surface area contributed by atoms with Gasteiger partial charge in [-0.1, -0.05) is 11.6 Å². The molecule has 20 heavy (non-hydrogen) atoms. The zero-order valence-corrected chi connectivity index (χ0v) is 12.7. The predicted molar refractivity (Wildman–Crippen MR) is 76.6 cm³/mol. The van der Waals surface area contributed by atoms with E-state index in [2.05, 4.69) is 20.8 Å². The summed E-state index contributed by atoms with van der Waals surface area (Å²) in [5.74, 6) is 1.67. The van der Waals surface area contributed by atoms with Crippen molar-refractivity contribution in [1.82, 2.24) is 15.5 Å². The number of hydrogen-bond acceptors (Lipinski definition) is 6. The van der Waals surface area contributed by atoms with Gasteiger partial charge in [-0.2, -0.15) is 0 Å². The van der Waals surface area contributed by atoms with Crippen molar-refractivity contribution in [3.63, 3.8) is 0 Å². The van der Waals surface area contributed by atoms with Crippen LogP contribution in [0.15, 0.2) is 11.0 Å². The lowest BCUT2D eigenvalue weighted by atomic mass is 10.0. The highest BCUT2D eigenvalue weighted by Gasteiger charge is 2.37. The Morgan fingerprint density at radius 2 is 1.95 bits per heavy atom. The number of nitrogens with one attached hydrogen (secondary N) is 2. The smallest absolute Gasteiger partial charge is 0.179 e. The van der Waals surface area contributed by atoms with Gasteiger partial charge in [-0.3, -0.25) is 0 Å². The molecule has 2 N–H and O–H groups in total. The summed E-state index contributed by atoms with van der Waals surface area (Å²) in [6.07, 6.45) is 3.22. The zero-order valence-electron chi connectivity index (χ0n) is 11.1. The van der Waals surface area contributed by atoms with Crippen molar-refractivity contribution in [1.29, 1.82) is 0 Å². The van der Waals surface area contributed by atoms with Crippen LogP contribution in [0.4, 0.5) is 5.82 Å². The molecule has 2 fully saturated rings. The molecule has 0 bridgehead atoms. The van der Waals surface area contributed by atoms with Crippen LogP contribution >= 0.6 is 11.6 Å². The maximum atomic E-state index is 11.8. The Balaban J connectivity index is 1.81. The summed E-state index contributed by atoms with van der Waals surface area (Å²) in [6, 6.07) is 1.60. The van der Waals surface area contributed by atoms with Crippen LogP contribution in [0.2, 0.25) is 5.15 Å². The summed E-state index contributed by atoms with van der Waals surface area (Å²) in [5, 5.41) is 14.4. The molecule has 1 saturated heterocycles. The van der Waals surface area contributed by atoms with Crippen LogP contribution in [0, 0.1) is 11.8 Å². The Hall–Kier alpha value is -0.920. The average molecular weight is 317 g/mol. The van der Waals surface area contributed by atoms with Crippen LogP contribution in [-0.4, -0.2) is 44.0 Å². The SMILES string of the molecule is CS(=O)(=O)c1cc(Cl)nnc1NC1C[C@H]2CNC[C@H]2C1. The second-order valence-corrected chi connectivity index (χ2v) is 8.01. The van der Waals surface area contributed by atoms with Crippen LogP contribution in [0.3, 0.4) is 0 Å². The molecule has 3 atom stereocenters. The van der Waals surface area contributed by atoms with E-state index in [1.807, 2.05) is 0 Å². The molecule has 2 aliphatic rings. The van der Waals surface area contributed by atoms with Gasteiger partial charge in [0.05, 0.1) is 0 Å². The third kappa shape index (κ3) is 2.75. The highest BCUT2D eigenvalue weighted by molar-refractivity contribution is 7.90. The van der Waals surface area contributed by atoms with E-state index < -0.39 is 9.84 Å². The highest BCUT2D eigenvalue weighted by Crippen LogP contribution is 2.36. The molecule has 3 rings (SSSR count). The van der Waals surface area contributed by atoms with Gasteiger partial charge in [-0.25, -0.2) is 8.42 Å². The van der Waals surface area contributed by atoms with E-state index in [-0.39, 0.29) is 16.1 Å². The van der Waals surface area contributed by atoms with Crippen molar-refractivity contribution in [2.45, 2.75) is 23.8 Å². The van der Waals surface area contributed by atoms with E-state index in [1.54, 1.807) is 0 Å². The lowest BCUT2D eigenvalue weighted by molar-refractivity contribution is 0.494. The highest BCUT2D eigenvalue weighted by atomic mass is 35.5. The molecule has 1 aliphatic carbocycles. The third-order valence-corrected chi connectivity index (χ3v) is 5.42. The van der Waals surface area contributed by atoms with Gasteiger partial charge in [0.15, 0.2) is 20.8 Å². The Labute approximate surface area is 123 Å². The molecule has 0 aromatic carbocycles. The van der Waals surface area contributed by atoms with Crippen LogP contribution in [0.5, 0.6) is 0 Å². The molecule has 6 nitrogen and oxygen atoms in total. The first-order valence-electron chi connectivity index (χ1n) is 6.64. The molecule has 2 heterocycles. The number of halogens is 1. The Kier molecular flexibility index (Phi) is 3.60. The zero-order chi connectivity index (χ0) is 14.3. The molecule has 1 aliphatic heterocycles. The second kappa shape index (κ2) is 5.13. The van der Waals surface area contributed by atoms with E-state index in [0.29, 0.717) is 17.7 Å². The summed E-state index contributed by atoms with van der Waals surface area (Å²) in [5.41, 5.74) is 0. The average Bonchev–Trinajstić information content (AvgIpc) is 2.90. The van der Waals surface area contributed by atoms with E-state index in [0.717, 1.165) is 32.2 Å². The van der Waals surface area contributed by atoms with Crippen molar-refractivity contribution in [2.75, 3.05) is 24.7 Å². The predicted octanol–water partition coefficient (Wildman–Crippen LogP) is 0.943. The largest absolute Gasteiger partial charge is 0.365 e. The van der Waals surface area contributed by atoms with E-state index in [9.17, 15) is 8.42 Å². The molecule has 1 aromatic heterocycles. The van der Waals surface area contributed by atoms with E-state index >= 15 is 0 Å². The van der Waals surface area contributed by atoms with Crippen molar-refractivity contribution >= 4 is 27.3 Å². The molecule has 0 amide bonds. The van der Waals surface area contributed by atoms with Gasteiger partial charge in [0, 0.05) is 12.3 Å². The molecule has 1 aromatic rings. The van der Waals surface area contributed by atoms with E-state index in [1.165, 1.54) is 6.07 Å². The molecule has 0 radical (unpaired) electrons. The number of anilines is 1. The number of hydrogen-bond donors (Lipinski definition) is 2. The number of nitrogens with zero attached hydrogens (tertiary/aromatic N) is 2. The van der Waals surface area contributed by atoms with Crippen LogP contribution < -0.4 is 10.6 Å². The lowest BCUT2D eigenvalue weighted by Crippen LogP contribution is -2.22. The molecule has 1 saturated carbocycles. The summed E-state index contributed by atoms with van der Waals surface area (Å²) < 4.78 is 23.6. The van der Waals surface area contributed by atoms with Crippen molar-refractivity contribution in [3.05, 3.63) is 11.2 Å². The number of rotatable bonds is 3. The summed E-state index contributed by atoms with van der Waals surface area (Å²) >= 11 is 5.74. The summed E-state index contributed by atoms with van der Waals surface area (Å²) in [7, 11) is -3.38. The van der Waals surface area contributed by atoms with Crippen LogP contribution in [0.25, 0.3) is 0 Å². The Morgan fingerprint density at radius 3 is 2.55 bits per heavy atom. The minimum Gasteiger partial charge on any atom is -0.365 e. The summed E-state index contributed by atoms with van der Waals surface area (Å²) in [4.78, 5) is 0.118. The van der Waals surface area contributed by atoms with Crippen molar-refractivity contribution < 1.29 is 8.42 Å². The van der Waals surface area contributed by atoms with Gasteiger partial charge in [-0.15, -0.1) is 10.2 Å². The normalized spacial score (nSPS) is 29.4. The maximum Gasteiger partial charge on any atom is 0.179 e. The first-order valence-corrected chi connectivity index (χ1v) is 8.91. The summed E-state index contributed by atoms with van der Waals surface area (Å²) in [6.45, 7) is 2.10. The number of sulfone groups is 1. The standard InChI is InChI=1S/C12H17ClN4O2S/c1-20(18,19)10-4-11(13)16-17-12(10)15-9-2-7-5-14-6-8(7)3-9/h4,7-9,14H,2-3,5-6H2,1H3,(H,15,17)/t7-,8+,9?. The molecule has 110 valence electrons. The Morgan fingerprint density at radius 1 is 1.30 bits per heavy atom. The molecular formula is C12H17ClN4O2S. The Bertz CT molecular complexity index is 610. The minimum atomic E-state index is -3.38. The fourth-order valence-corrected chi connectivity index (χ4v) is 4.20. The van der Waals surface area contributed by atoms with Gasteiger partial charge < -0.3 is 10.6 Å². The first kappa shape index (κ1) is 14.0. The first-order chi connectivity index (χ1) is 9.43. The van der Waals surface area contributed by atoms with Crippen molar-refractivity contribution in [3.8, 4) is 0 Å². The topological polar surface area (TPSA) is 84.0 Å². The van der Waals surface area contributed by atoms with Crippen LogP contribution in [-0.2, 0) is 9.84 Å². The molecule has 0 spiro atoms. The molecule has 8 heteroatoms. The van der Waals surface area contributed by atoms with Gasteiger partial charge in [-0.05, 0) is 43.8 Å². The third-order valence-electron chi connectivity index (χ3n) is 4.12. The van der Waals surface area contributed by atoms with Crippen molar-refractivity contribution in [2.24, 2.45) is 11.8 Å².